The second-order valence-electron chi connectivity index (χ2n) is 4.22. The lowest BCUT2D eigenvalue weighted by molar-refractivity contribution is 0.101. The number of hydrogen-bond donors (Lipinski definition) is 0. The van der Waals surface area contributed by atoms with E-state index in [1.165, 1.54) is 38.1 Å². The van der Waals surface area contributed by atoms with Crippen LogP contribution in [0, 0.1) is 11.3 Å². The summed E-state index contributed by atoms with van der Waals surface area (Å²) < 4.78 is 49.5. The molecule has 1 aromatic rings. The minimum atomic E-state index is -4.65. The van der Waals surface area contributed by atoms with Gasteiger partial charge in [-0.25, -0.2) is 0 Å². The fraction of sp³-hybridized carbons (Fsp3) is 0.429. The molecule has 1 aromatic carbocycles. The zero-order valence-electron chi connectivity index (χ0n) is 12.6. The smallest absolute Gasteiger partial charge is 0.304 e. The zero-order chi connectivity index (χ0) is 17.5. The van der Waals surface area contributed by atoms with Crippen LogP contribution < -0.4 is 0 Å². The Morgan fingerprint density at radius 2 is 1.78 bits per heavy atom. The van der Waals surface area contributed by atoms with E-state index >= 15 is 0 Å². The van der Waals surface area contributed by atoms with Crippen LogP contribution in [0.3, 0.4) is 0 Å². The summed E-state index contributed by atoms with van der Waals surface area (Å²) in [5, 5.41) is 8.67. The van der Waals surface area contributed by atoms with Crippen LogP contribution in [0.4, 0.5) is 8.78 Å². The highest BCUT2D eigenvalue weighted by Gasteiger charge is 2.54. The second-order valence-corrected chi connectivity index (χ2v) is 7.69. The van der Waals surface area contributed by atoms with Gasteiger partial charge < -0.3 is 9.05 Å². The Kier molecular flexibility index (Phi) is 7.36. The zero-order valence-corrected chi connectivity index (χ0v) is 14.3. The summed E-state index contributed by atoms with van der Waals surface area (Å²) in [4.78, 5) is 8.09. The third-order valence-corrected chi connectivity index (χ3v) is 6.28. The number of benzene rings is 1. The van der Waals surface area contributed by atoms with Crippen LogP contribution in [-0.2, 0) is 13.6 Å². The van der Waals surface area contributed by atoms with Crippen molar-refractivity contribution in [1.82, 2.24) is 0 Å². The molecular weight excluding hydrogens is 347 g/mol. The first-order valence-electron chi connectivity index (χ1n) is 6.74. The standard InChI is InChI=1S/C14H16F2NO4PS/c1-3-20-22(19,21-4-2)14(15,16)23-10-13(18)12-7-5-11(9-17)6-8-12/h5-8H,3-4,10H2,1-2H3. The molecule has 0 aliphatic heterocycles. The van der Waals surface area contributed by atoms with E-state index in [4.69, 9.17) is 5.26 Å². The summed E-state index contributed by atoms with van der Waals surface area (Å²) in [6.45, 7) is 2.45. The monoisotopic (exact) mass is 363 g/mol. The van der Waals surface area contributed by atoms with E-state index in [9.17, 15) is 18.1 Å². The van der Waals surface area contributed by atoms with Crippen molar-refractivity contribution in [2.75, 3.05) is 19.0 Å². The first-order chi connectivity index (χ1) is 10.8. The molecule has 0 aliphatic rings. The SMILES string of the molecule is CCOP(=O)(OCC)C(F)(F)SCC(=O)c1ccc(C#N)cc1. The average Bonchev–Trinajstić information content (AvgIpc) is 2.53. The molecule has 0 N–H and O–H groups in total. The number of ketones is 1. The number of nitrogens with zero attached hydrogens (tertiary/aromatic N) is 1. The van der Waals surface area contributed by atoms with Crippen molar-refractivity contribution in [3.63, 3.8) is 0 Å². The lowest BCUT2D eigenvalue weighted by atomic mass is 10.1. The highest BCUT2D eigenvalue weighted by molar-refractivity contribution is 8.06. The number of carbonyl (C=O) groups is 1. The minimum absolute atomic E-state index is 0.0825. The van der Waals surface area contributed by atoms with Crippen LogP contribution >= 0.6 is 19.4 Å². The van der Waals surface area contributed by atoms with E-state index in [0.29, 0.717) is 5.56 Å². The normalized spacial score (nSPS) is 12.0. The highest BCUT2D eigenvalue weighted by Crippen LogP contribution is 2.66. The van der Waals surface area contributed by atoms with Crippen molar-refractivity contribution in [2.45, 2.75) is 18.8 Å². The molecule has 0 saturated carbocycles. The van der Waals surface area contributed by atoms with Gasteiger partial charge in [0.15, 0.2) is 5.78 Å². The number of thioether (sulfide) groups is 1. The van der Waals surface area contributed by atoms with Crippen molar-refractivity contribution in [3.05, 3.63) is 35.4 Å². The van der Waals surface area contributed by atoms with Gasteiger partial charge in [0.25, 0.3) is 0 Å². The van der Waals surface area contributed by atoms with Crippen LogP contribution in [-0.4, -0.2) is 29.7 Å². The largest absolute Gasteiger partial charge is 0.410 e. The van der Waals surface area contributed by atoms with Gasteiger partial charge in [-0.1, -0.05) is 23.9 Å². The van der Waals surface area contributed by atoms with E-state index in [-0.39, 0.29) is 30.5 Å². The van der Waals surface area contributed by atoms with Gasteiger partial charge in [0.05, 0.1) is 30.6 Å². The fourth-order valence-electron chi connectivity index (χ4n) is 1.57. The van der Waals surface area contributed by atoms with Gasteiger partial charge in [0, 0.05) is 5.56 Å². The molecular formula is C14H16F2NO4PS. The van der Waals surface area contributed by atoms with Crippen LogP contribution in [0.1, 0.15) is 29.8 Å². The Balaban J connectivity index is 2.79. The van der Waals surface area contributed by atoms with Crippen LogP contribution in [0.15, 0.2) is 24.3 Å². The molecule has 23 heavy (non-hydrogen) atoms. The molecule has 9 heteroatoms. The van der Waals surface area contributed by atoms with Gasteiger partial charge in [0.2, 0.25) is 0 Å². The molecule has 0 aliphatic carbocycles. The van der Waals surface area contributed by atoms with E-state index in [1.54, 1.807) is 0 Å². The van der Waals surface area contributed by atoms with Gasteiger partial charge >= 0.3 is 12.6 Å². The van der Waals surface area contributed by atoms with E-state index in [1.807, 2.05) is 6.07 Å². The summed E-state index contributed by atoms with van der Waals surface area (Å²) in [5.41, 5.74) is 0.548. The molecule has 0 bridgehead atoms. The summed E-state index contributed by atoms with van der Waals surface area (Å²) >= 11 is -0.0825. The molecule has 1 rings (SSSR count). The Labute approximate surface area is 137 Å². The number of carbonyl (C=O) groups excluding carboxylic acids is 1. The molecule has 0 radical (unpaired) electrons. The fourth-order valence-corrected chi connectivity index (χ4v) is 4.24. The third-order valence-electron chi connectivity index (χ3n) is 2.63. The Hall–Kier alpha value is -1.26. The second kappa shape index (κ2) is 8.55. The van der Waals surface area contributed by atoms with Crippen molar-refractivity contribution in [3.8, 4) is 6.07 Å². The van der Waals surface area contributed by atoms with E-state index in [2.05, 4.69) is 9.05 Å². The van der Waals surface area contributed by atoms with Gasteiger partial charge in [-0.15, -0.1) is 0 Å². The maximum absolute atomic E-state index is 14.1. The molecule has 0 atom stereocenters. The molecule has 0 spiro atoms. The molecule has 0 unspecified atom stereocenters. The third kappa shape index (κ3) is 5.11. The topological polar surface area (TPSA) is 76.4 Å². The average molecular weight is 363 g/mol. The van der Waals surface area contributed by atoms with Gasteiger partial charge in [0.1, 0.15) is 0 Å². The maximum atomic E-state index is 14.1. The number of alkyl halides is 2. The van der Waals surface area contributed by atoms with Crippen molar-refractivity contribution in [2.24, 2.45) is 0 Å². The number of hydrogen-bond acceptors (Lipinski definition) is 6. The van der Waals surface area contributed by atoms with Crippen LogP contribution in [0.5, 0.6) is 0 Å². The predicted octanol–water partition coefficient (Wildman–Crippen LogP) is 4.29. The Bertz CT molecular complexity index is 621. The van der Waals surface area contributed by atoms with E-state index in [0.717, 1.165) is 0 Å². The Morgan fingerprint density at radius 1 is 1.26 bits per heavy atom. The number of nitriles is 1. The molecule has 0 amide bonds. The minimum Gasteiger partial charge on any atom is -0.304 e. The number of Topliss-reactive ketones (excluding diaryl/α,β-unsaturated/α-hetero) is 1. The molecule has 0 aromatic heterocycles. The molecule has 0 fully saturated rings. The van der Waals surface area contributed by atoms with Crippen molar-refractivity contribution in [1.29, 1.82) is 5.26 Å². The molecule has 5 nitrogen and oxygen atoms in total. The van der Waals surface area contributed by atoms with Gasteiger partial charge in [-0.2, -0.15) is 14.0 Å². The summed E-state index contributed by atoms with van der Waals surface area (Å²) in [6, 6.07) is 7.49. The lowest BCUT2D eigenvalue weighted by Crippen LogP contribution is -2.19. The summed E-state index contributed by atoms with van der Waals surface area (Å²) in [5.74, 6) is -1.16. The molecule has 0 saturated heterocycles. The first kappa shape index (κ1) is 19.8. The summed E-state index contributed by atoms with van der Waals surface area (Å²) in [6.07, 6.45) is 0. The lowest BCUT2D eigenvalue weighted by Gasteiger charge is -2.24. The molecule has 126 valence electrons. The molecule has 0 heterocycles. The van der Waals surface area contributed by atoms with Crippen LogP contribution in [0.2, 0.25) is 0 Å². The number of halogens is 2. The van der Waals surface area contributed by atoms with E-state index < -0.39 is 24.1 Å². The summed E-state index contributed by atoms with van der Waals surface area (Å²) in [7, 11) is -4.65. The quantitative estimate of drug-likeness (QED) is 0.481. The van der Waals surface area contributed by atoms with Crippen molar-refractivity contribution >= 4 is 25.1 Å². The van der Waals surface area contributed by atoms with Gasteiger partial charge in [-0.3, -0.25) is 9.36 Å². The number of rotatable bonds is 9. The predicted molar refractivity (Wildman–Crippen MR) is 83.8 cm³/mol. The Morgan fingerprint density at radius 3 is 2.22 bits per heavy atom. The van der Waals surface area contributed by atoms with Gasteiger partial charge in [-0.05, 0) is 26.0 Å². The highest BCUT2D eigenvalue weighted by atomic mass is 32.2. The first-order valence-corrected chi connectivity index (χ1v) is 9.26. The van der Waals surface area contributed by atoms with Crippen molar-refractivity contribution < 1.29 is 27.2 Å². The van der Waals surface area contributed by atoms with Crippen LogP contribution in [0.25, 0.3) is 0 Å². The maximum Gasteiger partial charge on any atom is 0.410 e.